The molecule has 0 fully saturated rings. The lowest BCUT2D eigenvalue weighted by molar-refractivity contribution is 0.625. The van der Waals surface area contributed by atoms with Crippen molar-refractivity contribution < 1.29 is 0 Å². The van der Waals surface area contributed by atoms with Crippen molar-refractivity contribution >= 4 is 47.8 Å². The molecule has 1 atom stereocenters. The van der Waals surface area contributed by atoms with Gasteiger partial charge in [0.15, 0.2) is 0 Å². The highest BCUT2D eigenvalue weighted by Crippen LogP contribution is 2.35. The van der Waals surface area contributed by atoms with E-state index in [0.29, 0.717) is 0 Å². The normalized spacial score (nSPS) is 12.5. The van der Waals surface area contributed by atoms with Crippen LogP contribution in [0.5, 0.6) is 0 Å². The fourth-order valence-electron chi connectivity index (χ4n) is 2.41. The van der Waals surface area contributed by atoms with Gasteiger partial charge >= 0.3 is 0 Å². The summed E-state index contributed by atoms with van der Waals surface area (Å²) < 4.78 is 3.41. The van der Waals surface area contributed by atoms with Gasteiger partial charge in [-0.2, -0.15) is 0 Å². The third-order valence-corrected chi connectivity index (χ3v) is 6.02. The molecule has 0 heterocycles. The molecule has 0 amide bonds. The maximum atomic E-state index is 3.72. The molecule has 1 nitrogen and oxygen atoms in total. The summed E-state index contributed by atoms with van der Waals surface area (Å²) in [6.07, 6.45) is 0. The van der Waals surface area contributed by atoms with E-state index >= 15 is 0 Å². The largest absolute Gasteiger partial charge is 0.306 e. The molecule has 1 unspecified atom stereocenters. The molecule has 112 valence electrons. The summed E-state index contributed by atoms with van der Waals surface area (Å²) in [5, 5.41) is 3.60. The van der Waals surface area contributed by atoms with Gasteiger partial charge in [0.25, 0.3) is 0 Å². The topological polar surface area (TPSA) is 12.0 Å². The highest BCUT2D eigenvalue weighted by molar-refractivity contribution is 9.11. The zero-order chi connectivity index (χ0) is 15.6. The minimum Gasteiger partial charge on any atom is -0.306 e. The first-order chi connectivity index (χ1) is 9.95. The molecule has 2 aromatic rings. The molecule has 21 heavy (non-hydrogen) atoms. The summed E-state index contributed by atoms with van der Waals surface area (Å²) in [5.74, 6) is 0. The monoisotopic (exact) mass is 473 g/mol. The van der Waals surface area contributed by atoms with E-state index in [1.54, 1.807) is 0 Å². The fraction of sp³-hybridized carbons (Fsp3) is 0.294. The number of rotatable bonds is 4. The van der Waals surface area contributed by atoms with E-state index in [-0.39, 0.29) is 6.04 Å². The first-order valence-corrected chi connectivity index (χ1v) is 9.27. The maximum Gasteiger partial charge on any atom is 0.0591 e. The Hall–Kier alpha value is -0.160. The van der Waals surface area contributed by atoms with Crippen LogP contribution in [-0.4, -0.2) is 6.54 Å². The minimum atomic E-state index is 0.166. The number of hydrogen-bond acceptors (Lipinski definition) is 1. The number of aryl methyl sites for hydroxylation is 1. The second-order valence-electron chi connectivity index (χ2n) is 5.07. The molecular formula is C17H18Br3N. The number of halogens is 3. The Morgan fingerprint density at radius 3 is 2.33 bits per heavy atom. The predicted molar refractivity (Wildman–Crippen MR) is 101 cm³/mol. The van der Waals surface area contributed by atoms with Gasteiger partial charge in [0, 0.05) is 13.4 Å². The van der Waals surface area contributed by atoms with Gasteiger partial charge in [-0.05, 0) is 60.8 Å². The van der Waals surface area contributed by atoms with Crippen LogP contribution in [0.2, 0.25) is 0 Å². The standard InChI is InChI=1S/C17H18Br3N/c1-4-21-17(12-6-5-7-14(18)11(12)3)13-9-15(19)10(2)8-16(13)20/h5-9,17,21H,4H2,1-3H3. The highest BCUT2D eigenvalue weighted by atomic mass is 79.9. The van der Waals surface area contributed by atoms with Crippen LogP contribution >= 0.6 is 47.8 Å². The van der Waals surface area contributed by atoms with E-state index in [4.69, 9.17) is 0 Å². The summed E-state index contributed by atoms with van der Waals surface area (Å²) in [7, 11) is 0. The molecule has 1 N–H and O–H groups in total. The highest BCUT2D eigenvalue weighted by Gasteiger charge is 2.19. The zero-order valence-corrected chi connectivity index (χ0v) is 17.1. The van der Waals surface area contributed by atoms with Gasteiger partial charge in [-0.15, -0.1) is 0 Å². The van der Waals surface area contributed by atoms with Crippen LogP contribution in [0.1, 0.15) is 35.2 Å². The zero-order valence-electron chi connectivity index (χ0n) is 12.3. The molecular weight excluding hydrogens is 458 g/mol. The van der Waals surface area contributed by atoms with Crippen molar-refractivity contribution in [3.8, 4) is 0 Å². The van der Waals surface area contributed by atoms with Gasteiger partial charge in [-0.1, -0.05) is 66.8 Å². The lowest BCUT2D eigenvalue weighted by Crippen LogP contribution is -2.23. The first kappa shape index (κ1) is 17.2. The van der Waals surface area contributed by atoms with Gasteiger partial charge in [0.05, 0.1) is 6.04 Å². The molecule has 0 aromatic heterocycles. The Morgan fingerprint density at radius 2 is 1.67 bits per heavy atom. The van der Waals surface area contributed by atoms with Crippen LogP contribution in [0.15, 0.2) is 43.7 Å². The Morgan fingerprint density at radius 1 is 0.952 bits per heavy atom. The Bertz CT molecular complexity index is 653. The van der Waals surface area contributed by atoms with Gasteiger partial charge in [-0.3, -0.25) is 0 Å². The SMILES string of the molecule is CCNC(c1cc(Br)c(C)cc1Br)c1cccc(Br)c1C. The van der Waals surface area contributed by atoms with Crippen molar-refractivity contribution in [2.45, 2.75) is 26.8 Å². The van der Waals surface area contributed by atoms with E-state index < -0.39 is 0 Å². The smallest absolute Gasteiger partial charge is 0.0591 e. The summed E-state index contributed by atoms with van der Waals surface area (Å²) in [6.45, 7) is 7.30. The van der Waals surface area contributed by atoms with Gasteiger partial charge in [0.1, 0.15) is 0 Å². The van der Waals surface area contributed by atoms with Crippen LogP contribution in [0.25, 0.3) is 0 Å². The molecule has 0 saturated carbocycles. The molecule has 0 saturated heterocycles. The van der Waals surface area contributed by atoms with Crippen molar-refractivity contribution in [1.29, 1.82) is 0 Å². The summed E-state index contributed by atoms with van der Waals surface area (Å²) in [6, 6.07) is 10.9. The third-order valence-electron chi connectivity index (χ3n) is 3.62. The minimum absolute atomic E-state index is 0.166. The van der Waals surface area contributed by atoms with E-state index in [2.05, 4.69) is 104 Å². The third kappa shape index (κ3) is 3.79. The molecule has 0 aliphatic rings. The van der Waals surface area contributed by atoms with Crippen LogP contribution in [0, 0.1) is 13.8 Å². The lowest BCUT2D eigenvalue weighted by atomic mass is 9.94. The van der Waals surface area contributed by atoms with Crippen molar-refractivity contribution in [3.63, 3.8) is 0 Å². The van der Waals surface area contributed by atoms with E-state index in [0.717, 1.165) is 20.0 Å². The first-order valence-electron chi connectivity index (χ1n) is 6.89. The maximum absolute atomic E-state index is 3.72. The molecule has 0 spiro atoms. The lowest BCUT2D eigenvalue weighted by Gasteiger charge is -2.23. The van der Waals surface area contributed by atoms with Crippen molar-refractivity contribution in [2.24, 2.45) is 0 Å². The molecule has 0 bridgehead atoms. The quantitative estimate of drug-likeness (QED) is 0.548. The van der Waals surface area contributed by atoms with Crippen LogP contribution < -0.4 is 5.32 Å². The van der Waals surface area contributed by atoms with Crippen LogP contribution in [0.4, 0.5) is 0 Å². The Balaban J connectivity index is 2.59. The molecule has 0 radical (unpaired) electrons. The molecule has 2 rings (SSSR count). The summed E-state index contributed by atoms with van der Waals surface area (Å²) >= 11 is 11.0. The molecule has 0 aliphatic heterocycles. The fourth-order valence-corrected chi connectivity index (χ4v) is 3.84. The average Bonchev–Trinajstić information content (AvgIpc) is 2.44. The van der Waals surface area contributed by atoms with Crippen molar-refractivity contribution in [3.05, 3.63) is 66.0 Å². The number of hydrogen-bond donors (Lipinski definition) is 1. The second-order valence-corrected chi connectivity index (χ2v) is 7.63. The van der Waals surface area contributed by atoms with E-state index in [1.807, 2.05) is 0 Å². The molecule has 2 aromatic carbocycles. The van der Waals surface area contributed by atoms with Crippen molar-refractivity contribution in [2.75, 3.05) is 6.54 Å². The second kappa shape index (κ2) is 7.40. The summed E-state index contributed by atoms with van der Waals surface area (Å²) in [4.78, 5) is 0. The van der Waals surface area contributed by atoms with E-state index in [9.17, 15) is 0 Å². The van der Waals surface area contributed by atoms with E-state index in [1.165, 1.54) is 22.3 Å². The molecule has 0 aliphatic carbocycles. The predicted octanol–water partition coefficient (Wildman–Crippen LogP) is 6.29. The number of benzene rings is 2. The van der Waals surface area contributed by atoms with Crippen LogP contribution in [-0.2, 0) is 0 Å². The number of nitrogens with one attached hydrogen (secondary N) is 1. The van der Waals surface area contributed by atoms with Crippen molar-refractivity contribution in [1.82, 2.24) is 5.32 Å². The Labute approximate surface area is 151 Å². The summed E-state index contributed by atoms with van der Waals surface area (Å²) in [5.41, 5.74) is 5.04. The average molecular weight is 476 g/mol. The Kier molecular flexibility index (Phi) is 6.06. The van der Waals surface area contributed by atoms with Gasteiger partial charge < -0.3 is 5.32 Å². The van der Waals surface area contributed by atoms with Gasteiger partial charge in [0.2, 0.25) is 0 Å². The van der Waals surface area contributed by atoms with Crippen LogP contribution in [0.3, 0.4) is 0 Å². The van der Waals surface area contributed by atoms with Gasteiger partial charge in [-0.25, -0.2) is 0 Å². The molecule has 4 heteroatoms.